The molecule has 1 saturated heterocycles. The molecule has 0 spiro atoms. The lowest BCUT2D eigenvalue weighted by molar-refractivity contribution is -0.122. The number of fused-ring (bicyclic) bond motifs is 1. The van der Waals surface area contributed by atoms with Crippen LogP contribution in [0.25, 0.3) is 10.9 Å². The Bertz CT molecular complexity index is 1260. The van der Waals surface area contributed by atoms with E-state index >= 15 is 0 Å². The Morgan fingerprint density at radius 1 is 1.36 bits per heavy atom. The fourth-order valence-corrected chi connectivity index (χ4v) is 4.14. The molecule has 1 aliphatic rings. The van der Waals surface area contributed by atoms with Gasteiger partial charge in [0.25, 0.3) is 5.56 Å². The average Bonchev–Trinajstić information content (AvgIpc) is 3.37. The van der Waals surface area contributed by atoms with Gasteiger partial charge in [0, 0.05) is 48.2 Å². The Hall–Kier alpha value is -3.37. The second-order valence-electron chi connectivity index (χ2n) is 8.27. The molecule has 176 valence electrons. The molecule has 3 atom stereocenters. The molecule has 1 aromatic carbocycles. The van der Waals surface area contributed by atoms with Crippen molar-refractivity contribution >= 4 is 16.8 Å². The minimum absolute atomic E-state index is 0.135. The Balaban J connectivity index is 1.27. The summed E-state index contributed by atoms with van der Waals surface area (Å²) in [5.74, 6) is 0.642. The highest BCUT2D eigenvalue weighted by atomic mass is 16.5. The van der Waals surface area contributed by atoms with Crippen molar-refractivity contribution in [1.82, 2.24) is 19.9 Å². The van der Waals surface area contributed by atoms with Crippen LogP contribution in [0.5, 0.6) is 5.75 Å². The van der Waals surface area contributed by atoms with Crippen molar-refractivity contribution in [2.45, 2.75) is 51.0 Å². The summed E-state index contributed by atoms with van der Waals surface area (Å²) in [5.41, 5.74) is 1.44. The van der Waals surface area contributed by atoms with Crippen LogP contribution in [-0.2, 0) is 16.0 Å². The third-order valence-electron chi connectivity index (χ3n) is 6.01. The largest absolute Gasteiger partial charge is 0.497 e. The number of H-pyrrole nitrogens is 2. The number of nitrogens with one attached hydrogen (secondary N) is 3. The number of hydrogen-bond acceptors (Lipinski definition) is 6. The predicted molar refractivity (Wildman–Crippen MR) is 121 cm³/mol. The standard InChI is InChI=1S/C23H28N4O6/c1-13-12-27(23(31)26-22(13)30)21-10-18(28)19(33-21)5-6-20(29)24-8-7-14-11-25-17-4-3-15(32-2)9-16(14)17/h3-4,9,11-12,18-19,21,25,28H,5-8,10H2,1-2H3,(H,24,29)(H,26,30,31)/t18-,19+,21+/m0/s1. The highest BCUT2D eigenvalue weighted by Gasteiger charge is 2.35. The number of nitrogens with zero attached hydrogens (tertiary/aromatic N) is 1. The minimum atomic E-state index is -0.803. The number of aryl methyl sites for hydroxylation is 1. The zero-order valence-electron chi connectivity index (χ0n) is 18.6. The minimum Gasteiger partial charge on any atom is -0.497 e. The maximum Gasteiger partial charge on any atom is 0.330 e. The predicted octanol–water partition coefficient (Wildman–Crippen LogP) is 1.12. The number of aromatic amines is 2. The van der Waals surface area contributed by atoms with Crippen LogP contribution in [-0.4, -0.2) is 51.4 Å². The Morgan fingerprint density at radius 3 is 2.97 bits per heavy atom. The fraction of sp³-hybridized carbons (Fsp3) is 0.435. The van der Waals surface area contributed by atoms with Gasteiger partial charge in [0.05, 0.1) is 19.3 Å². The molecule has 0 bridgehead atoms. The molecule has 3 heterocycles. The number of carbonyl (C=O) groups excluding carboxylic acids is 1. The molecule has 0 unspecified atom stereocenters. The van der Waals surface area contributed by atoms with Crippen LogP contribution in [0.15, 0.2) is 40.2 Å². The second-order valence-corrected chi connectivity index (χ2v) is 8.27. The summed E-state index contributed by atoms with van der Waals surface area (Å²) in [6.07, 6.45) is 2.69. The second kappa shape index (κ2) is 9.63. The number of hydrogen-bond donors (Lipinski definition) is 4. The molecule has 10 nitrogen and oxygen atoms in total. The topological polar surface area (TPSA) is 138 Å². The number of ether oxygens (including phenoxy) is 2. The van der Waals surface area contributed by atoms with E-state index in [4.69, 9.17) is 9.47 Å². The number of aromatic nitrogens is 3. The Labute approximate surface area is 189 Å². The van der Waals surface area contributed by atoms with Gasteiger partial charge in [0.15, 0.2) is 0 Å². The molecule has 0 radical (unpaired) electrons. The summed E-state index contributed by atoms with van der Waals surface area (Å²) in [7, 11) is 1.63. The van der Waals surface area contributed by atoms with Gasteiger partial charge in [-0.05, 0) is 43.5 Å². The van der Waals surface area contributed by atoms with Gasteiger partial charge in [-0.2, -0.15) is 0 Å². The van der Waals surface area contributed by atoms with Crippen molar-refractivity contribution in [3.63, 3.8) is 0 Å². The van der Waals surface area contributed by atoms with Gasteiger partial charge in [-0.15, -0.1) is 0 Å². The molecular formula is C23H28N4O6. The molecule has 2 aromatic heterocycles. The molecule has 4 N–H and O–H groups in total. The molecule has 0 saturated carbocycles. The van der Waals surface area contributed by atoms with E-state index in [1.807, 2.05) is 24.4 Å². The van der Waals surface area contributed by atoms with Gasteiger partial charge >= 0.3 is 5.69 Å². The molecule has 33 heavy (non-hydrogen) atoms. The number of carbonyl (C=O) groups is 1. The van der Waals surface area contributed by atoms with E-state index < -0.39 is 29.7 Å². The first-order valence-electron chi connectivity index (χ1n) is 10.9. The number of aliphatic hydroxyl groups is 1. The summed E-state index contributed by atoms with van der Waals surface area (Å²) in [4.78, 5) is 41.4. The van der Waals surface area contributed by atoms with E-state index in [1.54, 1.807) is 14.0 Å². The van der Waals surface area contributed by atoms with Crippen LogP contribution in [0.4, 0.5) is 0 Å². The van der Waals surface area contributed by atoms with E-state index in [2.05, 4.69) is 15.3 Å². The third-order valence-corrected chi connectivity index (χ3v) is 6.01. The molecule has 1 amide bonds. The molecular weight excluding hydrogens is 428 g/mol. The molecule has 3 aromatic rings. The molecule has 4 rings (SSSR count). The zero-order chi connectivity index (χ0) is 23.5. The van der Waals surface area contributed by atoms with Crippen molar-refractivity contribution in [2.24, 2.45) is 0 Å². The maximum absolute atomic E-state index is 12.3. The van der Waals surface area contributed by atoms with Gasteiger partial charge < -0.3 is 24.9 Å². The van der Waals surface area contributed by atoms with Gasteiger partial charge in [-0.3, -0.25) is 19.1 Å². The monoisotopic (exact) mass is 456 g/mol. The lowest BCUT2D eigenvalue weighted by Gasteiger charge is -2.16. The van der Waals surface area contributed by atoms with Gasteiger partial charge in [-0.25, -0.2) is 4.79 Å². The Kier molecular flexibility index (Phi) is 6.66. The smallest absolute Gasteiger partial charge is 0.330 e. The normalized spacial score (nSPS) is 20.3. The van der Waals surface area contributed by atoms with Crippen molar-refractivity contribution in [1.29, 1.82) is 0 Å². The number of amides is 1. The van der Waals surface area contributed by atoms with Crippen LogP contribution >= 0.6 is 0 Å². The summed E-state index contributed by atoms with van der Waals surface area (Å²) in [6, 6.07) is 5.81. The summed E-state index contributed by atoms with van der Waals surface area (Å²) in [6.45, 7) is 2.07. The molecule has 10 heteroatoms. The van der Waals surface area contributed by atoms with Gasteiger partial charge in [0.2, 0.25) is 5.91 Å². The van der Waals surface area contributed by atoms with Crippen LogP contribution in [0.3, 0.4) is 0 Å². The van der Waals surface area contributed by atoms with E-state index in [-0.39, 0.29) is 18.7 Å². The fourth-order valence-electron chi connectivity index (χ4n) is 4.14. The van der Waals surface area contributed by atoms with Gasteiger partial charge in [-0.1, -0.05) is 0 Å². The quantitative estimate of drug-likeness (QED) is 0.401. The lowest BCUT2D eigenvalue weighted by Crippen LogP contribution is -2.33. The summed E-state index contributed by atoms with van der Waals surface area (Å²) < 4.78 is 12.4. The van der Waals surface area contributed by atoms with E-state index in [0.717, 1.165) is 22.2 Å². The molecule has 1 fully saturated rings. The first kappa shape index (κ1) is 22.8. The summed E-state index contributed by atoms with van der Waals surface area (Å²) in [5, 5.41) is 14.3. The zero-order valence-corrected chi connectivity index (χ0v) is 18.6. The highest BCUT2D eigenvalue weighted by Crippen LogP contribution is 2.30. The average molecular weight is 456 g/mol. The SMILES string of the molecule is COc1ccc2[nH]cc(CCNC(=O)CC[C@H]3O[C@@H](n4cc(C)c(=O)[nH]c4=O)C[C@@H]3O)c2c1. The van der Waals surface area contributed by atoms with E-state index in [1.165, 1.54) is 10.8 Å². The summed E-state index contributed by atoms with van der Waals surface area (Å²) >= 11 is 0. The van der Waals surface area contributed by atoms with E-state index in [0.29, 0.717) is 24.9 Å². The first-order valence-corrected chi connectivity index (χ1v) is 10.9. The van der Waals surface area contributed by atoms with E-state index in [9.17, 15) is 19.5 Å². The third kappa shape index (κ3) is 5.01. The first-order chi connectivity index (χ1) is 15.9. The number of benzene rings is 1. The van der Waals surface area contributed by atoms with Crippen LogP contribution in [0, 0.1) is 6.92 Å². The molecule has 1 aliphatic heterocycles. The van der Waals surface area contributed by atoms with Crippen LogP contribution < -0.4 is 21.3 Å². The van der Waals surface area contributed by atoms with Gasteiger partial charge in [0.1, 0.15) is 12.0 Å². The van der Waals surface area contributed by atoms with Crippen molar-refractivity contribution in [3.05, 3.63) is 62.6 Å². The van der Waals surface area contributed by atoms with Crippen LogP contribution in [0.2, 0.25) is 0 Å². The highest BCUT2D eigenvalue weighted by molar-refractivity contribution is 5.84. The number of aliphatic hydroxyl groups excluding tert-OH is 1. The van der Waals surface area contributed by atoms with Crippen LogP contribution in [0.1, 0.15) is 36.6 Å². The lowest BCUT2D eigenvalue weighted by atomic mass is 10.1. The number of methoxy groups -OCH3 is 1. The Morgan fingerprint density at radius 2 is 2.18 bits per heavy atom. The number of rotatable bonds is 8. The molecule has 0 aliphatic carbocycles. The van der Waals surface area contributed by atoms with Crippen molar-refractivity contribution in [3.8, 4) is 5.75 Å². The van der Waals surface area contributed by atoms with Crippen molar-refractivity contribution < 1.29 is 19.4 Å². The maximum atomic E-state index is 12.3. The van der Waals surface area contributed by atoms with Crippen molar-refractivity contribution in [2.75, 3.05) is 13.7 Å².